The fourth-order valence-electron chi connectivity index (χ4n) is 2.01. The Morgan fingerprint density at radius 2 is 2.00 bits per heavy atom. The summed E-state index contributed by atoms with van der Waals surface area (Å²) in [6, 6.07) is 0. The van der Waals surface area contributed by atoms with E-state index in [2.05, 4.69) is 11.9 Å². The maximum atomic E-state index is 8.76. The van der Waals surface area contributed by atoms with Crippen molar-refractivity contribution < 1.29 is 5.11 Å². The van der Waals surface area contributed by atoms with Crippen molar-refractivity contribution in [1.82, 2.24) is 4.90 Å². The fourth-order valence-corrected chi connectivity index (χ4v) is 2.01. The number of piperidine rings is 1. The minimum absolute atomic E-state index is 0.392. The van der Waals surface area contributed by atoms with Crippen molar-refractivity contribution in [2.45, 2.75) is 0 Å². The molecule has 2 heteroatoms. The average Bonchev–Trinajstić information content (AvgIpc) is 2.30. The first-order valence-electron chi connectivity index (χ1n) is 3.49. The van der Waals surface area contributed by atoms with Crippen molar-refractivity contribution in [3.63, 3.8) is 0 Å². The highest BCUT2D eigenvalue weighted by molar-refractivity contribution is 5.04. The lowest BCUT2D eigenvalue weighted by Gasteiger charge is -2.10. The van der Waals surface area contributed by atoms with Crippen LogP contribution in [0.25, 0.3) is 0 Å². The monoisotopic (exact) mass is 126 g/mol. The van der Waals surface area contributed by atoms with Gasteiger partial charge in [0.25, 0.3) is 0 Å². The lowest BCUT2D eigenvalue weighted by atomic mass is 10.3. The minimum atomic E-state index is 0.392. The molecule has 9 heavy (non-hydrogen) atoms. The molecule has 1 radical (unpaired) electrons. The Morgan fingerprint density at radius 1 is 1.44 bits per heavy atom. The summed E-state index contributed by atoms with van der Waals surface area (Å²) < 4.78 is 0. The van der Waals surface area contributed by atoms with Crippen molar-refractivity contribution >= 4 is 0 Å². The van der Waals surface area contributed by atoms with E-state index in [9.17, 15) is 0 Å². The third kappa shape index (κ3) is 0.700. The molecule has 0 aromatic rings. The Hall–Kier alpha value is -0.0800. The van der Waals surface area contributed by atoms with Crippen LogP contribution in [0.4, 0.5) is 0 Å². The molecule has 2 aliphatic rings. The largest absolute Gasteiger partial charge is 0.396 e. The molecule has 1 N–H and O–H groups in total. The van der Waals surface area contributed by atoms with E-state index in [1.165, 1.54) is 0 Å². The van der Waals surface area contributed by atoms with Crippen LogP contribution in [-0.4, -0.2) is 29.7 Å². The first-order valence-corrected chi connectivity index (χ1v) is 3.49. The summed E-state index contributed by atoms with van der Waals surface area (Å²) >= 11 is 0. The van der Waals surface area contributed by atoms with Crippen molar-refractivity contribution in [1.29, 1.82) is 0 Å². The van der Waals surface area contributed by atoms with Gasteiger partial charge in [-0.05, 0) is 17.8 Å². The summed E-state index contributed by atoms with van der Waals surface area (Å²) in [5.41, 5.74) is 0. The van der Waals surface area contributed by atoms with Gasteiger partial charge in [0.05, 0.1) is 0 Å². The van der Waals surface area contributed by atoms with E-state index in [4.69, 9.17) is 5.11 Å². The Balaban J connectivity index is 1.91. The van der Waals surface area contributed by atoms with E-state index >= 15 is 0 Å². The summed E-state index contributed by atoms with van der Waals surface area (Å²) in [6.07, 6.45) is 0. The molecule has 0 spiro atoms. The van der Waals surface area contributed by atoms with Gasteiger partial charge in [-0.25, -0.2) is 0 Å². The molecule has 2 rings (SSSR count). The molecule has 1 heterocycles. The third-order valence-electron chi connectivity index (χ3n) is 2.66. The molecule has 0 amide bonds. The molecular formula is C7H12NO. The summed E-state index contributed by atoms with van der Waals surface area (Å²) in [4.78, 5) is 2.10. The number of hydrogen-bond acceptors (Lipinski definition) is 2. The Bertz CT molecular complexity index is 114. The highest BCUT2D eigenvalue weighted by Gasteiger charge is 2.53. The van der Waals surface area contributed by atoms with Crippen LogP contribution in [0.3, 0.4) is 0 Å². The van der Waals surface area contributed by atoms with Gasteiger partial charge in [0.15, 0.2) is 0 Å². The van der Waals surface area contributed by atoms with Crippen molar-refractivity contribution in [2.75, 3.05) is 19.7 Å². The highest BCUT2D eigenvalue weighted by Crippen LogP contribution is 2.50. The zero-order chi connectivity index (χ0) is 6.43. The average molecular weight is 126 g/mol. The first kappa shape index (κ1) is 5.69. The lowest BCUT2D eigenvalue weighted by Crippen LogP contribution is -2.17. The van der Waals surface area contributed by atoms with Crippen LogP contribution in [0.15, 0.2) is 0 Å². The van der Waals surface area contributed by atoms with E-state index in [-0.39, 0.29) is 0 Å². The number of nitrogens with zero attached hydrogens (tertiary/aromatic N) is 1. The molecule has 2 nitrogen and oxygen atoms in total. The number of likely N-dealkylation sites (tertiary alicyclic amines) is 1. The molecule has 0 aromatic heterocycles. The normalized spacial score (nSPS) is 49.3. The van der Waals surface area contributed by atoms with E-state index in [1.54, 1.807) is 0 Å². The van der Waals surface area contributed by atoms with E-state index < -0.39 is 0 Å². The van der Waals surface area contributed by atoms with Crippen LogP contribution in [0.2, 0.25) is 0 Å². The zero-order valence-electron chi connectivity index (χ0n) is 5.45. The Labute approximate surface area is 55.5 Å². The predicted molar refractivity (Wildman–Crippen MR) is 34.5 cm³/mol. The van der Waals surface area contributed by atoms with Crippen molar-refractivity contribution in [3.05, 3.63) is 7.05 Å². The topological polar surface area (TPSA) is 23.5 Å². The van der Waals surface area contributed by atoms with Gasteiger partial charge in [-0.15, -0.1) is 0 Å². The number of aliphatic hydroxyl groups is 1. The summed E-state index contributed by atoms with van der Waals surface area (Å²) in [5, 5.41) is 8.76. The Morgan fingerprint density at radius 3 is 2.44 bits per heavy atom. The van der Waals surface area contributed by atoms with E-state index in [0.29, 0.717) is 12.5 Å². The summed E-state index contributed by atoms with van der Waals surface area (Å²) in [5.74, 6) is 2.20. The van der Waals surface area contributed by atoms with E-state index in [1.807, 2.05) is 0 Å². The number of aliphatic hydroxyl groups excluding tert-OH is 1. The first-order chi connectivity index (χ1) is 4.33. The van der Waals surface area contributed by atoms with Crippen LogP contribution in [0.1, 0.15) is 0 Å². The van der Waals surface area contributed by atoms with Crippen molar-refractivity contribution in [3.8, 4) is 0 Å². The van der Waals surface area contributed by atoms with Gasteiger partial charge in [-0.1, -0.05) is 0 Å². The molecular weight excluding hydrogens is 114 g/mol. The maximum absolute atomic E-state index is 8.76. The molecule has 0 aromatic carbocycles. The highest BCUT2D eigenvalue weighted by atomic mass is 16.3. The molecule has 0 bridgehead atoms. The van der Waals surface area contributed by atoms with Crippen LogP contribution in [0.5, 0.6) is 0 Å². The Kier molecular flexibility index (Phi) is 1.08. The van der Waals surface area contributed by atoms with Gasteiger partial charge in [0.2, 0.25) is 0 Å². The zero-order valence-corrected chi connectivity index (χ0v) is 5.45. The second-order valence-electron chi connectivity index (χ2n) is 3.21. The van der Waals surface area contributed by atoms with Gasteiger partial charge in [0, 0.05) is 26.7 Å². The van der Waals surface area contributed by atoms with Gasteiger partial charge < -0.3 is 10.0 Å². The molecule has 2 unspecified atom stereocenters. The van der Waals surface area contributed by atoms with E-state index in [0.717, 1.165) is 24.9 Å². The van der Waals surface area contributed by atoms with Crippen LogP contribution < -0.4 is 0 Å². The summed E-state index contributed by atoms with van der Waals surface area (Å²) in [7, 11) is 3.84. The number of rotatable bonds is 1. The number of fused-ring (bicyclic) bond motifs is 1. The fraction of sp³-hybridized carbons (Fsp3) is 0.857. The third-order valence-corrected chi connectivity index (χ3v) is 2.66. The van der Waals surface area contributed by atoms with Gasteiger partial charge in [-0.3, -0.25) is 0 Å². The predicted octanol–water partition coefficient (Wildman–Crippen LogP) is -0.0519. The smallest absolute Gasteiger partial charge is 0.0465 e. The van der Waals surface area contributed by atoms with Gasteiger partial charge >= 0.3 is 0 Å². The molecule has 51 valence electrons. The quantitative estimate of drug-likeness (QED) is 0.532. The molecule has 2 fully saturated rings. The second-order valence-corrected chi connectivity index (χ2v) is 3.21. The molecule has 1 aliphatic carbocycles. The number of hydrogen-bond donors (Lipinski definition) is 1. The molecule has 1 aliphatic heterocycles. The summed E-state index contributed by atoms with van der Waals surface area (Å²) in [6.45, 7) is 2.61. The standard InChI is InChI=1S/C7H12NO/c1-8-2-5-6(3-8)7(5)4-9/h5-7,9H,1-4H2. The van der Waals surface area contributed by atoms with Gasteiger partial charge in [0.1, 0.15) is 0 Å². The second kappa shape index (κ2) is 1.70. The maximum Gasteiger partial charge on any atom is 0.0465 e. The van der Waals surface area contributed by atoms with Crippen LogP contribution in [0, 0.1) is 24.8 Å². The van der Waals surface area contributed by atoms with Crippen LogP contribution >= 0.6 is 0 Å². The van der Waals surface area contributed by atoms with Crippen molar-refractivity contribution in [2.24, 2.45) is 17.8 Å². The van der Waals surface area contributed by atoms with Crippen LogP contribution in [-0.2, 0) is 0 Å². The SMILES string of the molecule is [CH2]N1CC2C(CO)C2C1. The lowest BCUT2D eigenvalue weighted by molar-refractivity contribution is 0.241. The van der Waals surface area contributed by atoms with Gasteiger partial charge in [-0.2, -0.15) is 0 Å². The molecule has 1 saturated heterocycles. The minimum Gasteiger partial charge on any atom is -0.396 e. The molecule has 1 saturated carbocycles. The molecule has 2 atom stereocenters.